The van der Waals surface area contributed by atoms with Gasteiger partial charge in [0.1, 0.15) is 0 Å². The molecule has 0 aromatic heterocycles. The van der Waals surface area contributed by atoms with Crippen LogP contribution < -0.4 is 4.90 Å². The molecule has 1 aromatic rings. The molecule has 4 heteroatoms. The first-order valence-electron chi connectivity index (χ1n) is 5.33. The van der Waals surface area contributed by atoms with E-state index in [2.05, 4.69) is 17.0 Å². The number of para-hydroxylation sites is 1. The van der Waals surface area contributed by atoms with Gasteiger partial charge in [0, 0.05) is 38.8 Å². The summed E-state index contributed by atoms with van der Waals surface area (Å²) < 4.78 is 0. The molecule has 0 atom stereocenters. The van der Waals surface area contributed by atoms with Crippen molar-refractivity contribution in [3.8, 4) is 0 Å². The number of amides is 1. The zero-order valence-electron chi connectivity index (χ0n) is 9.43. The number of piperazine rings is 1. The van der Waals surface area contributed by atoms with Crippen molar-refractivity contribution in [2.24, 2.45) is 0 Å². The number of anilines is 1. The van der Waals surface area contributed by atoms with Gasteiger partial charge in [-0.2, -0.15) is 0 Å². The van der Waals surface area contributed by atoms with Crippen LogP contribution in [0.15, 0.2) is 30.3 Å². The molecule has 0 unspecified atom stereocenters. The highest BCUT2D eigenvalue weighted by molar-refractivity contribution is 5.85. The minimum absolute atomic E-state index is 0. The molecule has 0 bridgehead atoms. The van der Waals surface area contributed by atoms with Crippen LogP contribution in [0, 0.1) is 0 Å². The molecule has 1 aliphatic heterocycles. The van der Waals surface area contributed by atoms with Crippen LogP contribution in [0.5, 0.6) is 0 Å². The summed E-state index contributed by atoms with van der Waals surface area (Å²) in [5.74, 6) is 0.183. The van der Waals surface area contributed by atoms with Crippen LogP contribution in [0.4, 0.5) is 5.69 Å². The van der Waals surface area contributed by atoms with Gasteiger partial charge in [0.05, 0.1) is 0 Å². The van der Waals surface area contributed by atoms with E-state index in [1.165, 1.54) is 5.69 Å². The van der Waals surface area contributed by atoms with Gasteiger partial charge in [-0.1, -0.05) is 18.2 Å². The maximum Gasteiger partial charge on any atom is 0.219 e. The fourth-order valence-corrected chi connectivity index (χ4v) is 1.92. The van der Waals surface area contributed by atoms with Gasteiger partial charge in [0.25, 0.3) is 0 Å². The molecule has 16 heavy (non-hydrogen) atoms. The van der Waals surface area contributed by atoms with Crippen molar-refractivity contribution in [2.45, 2.75) is 6.92 Å². The second kappa shape index (κ2) is 5.75. The predicted octanol–water partition coefficient (Wildman–Crippen LogP) is 1.78. The van der Waals surface area contributed by atoms with Crippen molar-refractivity contribution >= 4 is 24.0 Å². The van der Waals surface area contributed by atoms with E-state index >= 15 is 0 Å². The van der Waals surface area contributed by atoms with Crippen LogP contribution in [0.1, 0.15) is 6.92 Å². The number of nitrogens with zero attached hydrogens (tertiary/aromatic N) is 2. The molecule has 0 saturated carbocycles. The van der Waals surface area contributed by atoms with Gasteiger partial charge in [0.2, 0.25) is 5.91 Å². The van der Waals surface area contributed by atoms with Gasteiger partial charge in [-0.05, 0) is 12.1 Å². The first-order valence-corrected chi connectivity index (χ1v) is 5.33. The molecule has 1 fully saturated rings. The van der Waals surface area contributed by atoms with Crippen LogP contribution in [0.2, 0.25) is 0 Å². The normalized spacial score (nSPS) is 15.6. The number of benzene rings is 1. The number of hydrogen-bond donors (Lipinski definition) is 0. The van der Waals surface area contributed by atoms with Crippen LogP contribution in [-0.4, -0.2) is 37.0 Å². The third-order valence-electron chi connectivity index (χ3n) is 2.85. The summed E-state index contributed by atoms with van der Waals surface area (Å²) in [5, 5.41) is 0. The summed E-state index contributed by atoms with van der Waals surface area (Å²) in [6.07, 6.45) is 0. The van der Waals surface area contributed by atoms with E-state index in [1.807, 2.05) is 23.1 Å². The molecule has 3 nitrogen and oxygen atoms in total. The summed E-state index contributed by atoms with van der Waals surface area (Å²) in [6.45, 7) is 5.18. The monoisotopic (exact) mass is 240 g/mol. The number of hydrogen-bond acceptors (Lipinski definition) is 2. The molecule has 0 spiro atoms. The third kappa shape index (κ3) is 2.89. The Hall–Kier alpha value is -1.22. The molecule has 0 radical (unpaired) electrons. The maximum atomic E-state index is 11.1. The Balaban J connectivity index is 0.00000128. The van der Waals surface area contributed by atoms with Gasteiger partial charge >= 0.3 is 0 Å². The van der Waals surface area contributed by atoms with Gasteiger partial charge in [-0.25, -0.2) is 0 Å². The highest BCUT2D eigenvalue weighted by Crippen LogP contribution is 2.15. The van der Waals surface area contributed by atoms with E-state index in [9.17, 15) is 4.79 Å². The van der Waals surface area contributed by atoms with Gasteiger partial charge in [-0.3, -0.25) is 4.79 Å². The van der Waals surface area contributed by atoms with E-state index in [1.54, 1.807) is 6.92 Å². The van der Waals surface area contributed by atoms with Gasteiger partial charge in [0.15, 0.2) is 0 Å². The van der Waals surface area contributed by atoms with E-state index in [-0.39, 0.29) is 18.3 Å². The Morgan fingerprint density at radius 1 is 1.06 bits per heavy atom. The van der Waals surface area contributed by atoms with Crippen molar-refractivity contribution in [1.29, 1.82) is 0 Å². The van der Waals surface area contributed by atoms with Crippen LogP contribution >= 0.6 is 12.4 Å². The molecule has 1 amide bonds. The lowest BCUT2D eigenvalue weighted by atomic mass is 10.2. The molecule has 88 valence electrons. The van der Waals surface area contributed by atoms with E-state index in [0.29, 0.717) is 0 Å². The van der Waals surface area contributed by atoms with Crippen molar-refractivity contribution in [1.82, 2.24) is 4.90 Å². The molecule has 0 aliphatic carbocycles. The first-order chi connectivity index (χ1) is 7.27. The van der Waals surface area contributed by atoms with Gasteiger partial charge < -0.3 is 9.80 Å². The predicted molar refractivity (Wildman–Crippen MR) is 68.2 cm³/mol. The van der Waals surface area contributed by atoms with Crippen molar-refractivity contribution in [3.63, 3.8) is 0 Å². The summed E-state index contributed by atoms with van der Waals surface area (Å²) in [6, 6.07) is 10.3. The third-order valence-corrected chi connectivity index (χ3v) is 2.85. The topological polar surface area (TPSA) is 23.6 Å². The van der Waals surface area contributed by atoms with Crippen molar-refractivity contribution in [2.75, 3.05) is 31.1 Å². The first kappa shape index (κ1) is 12.8. The lowest BCUT2D eigenvalue weighted by Gasteiger charge is -2.35. The summed E-state index contributed by atoms with van der Waals surface area (Å²) >= 11 is 0. The average molecular weight is 241 g/mol. The zero-order valence-corrected chi connectivity index (χ0v) is 10.2. The van der Waals surface area contributed by atoms with Crippen LogP contribution in [-0.2, 0) is 4.79 Å². The highest BCUT2D eigenvalue weighted by Gasteiger charge is 2.18. The summed E-state index contributed by atoms with van der Waals surface area (Å²) in [5.41, 5.74) is 1.25. The number of carbonyl (C=O) groups is 1. The van der Waals surface area contributed by atoms with Gasteiger partial charge in [-0.15, -0.1) is 12.4 Å². The summed E-state index contributed by atoms with van der Waals surface area (Å²) in [7, 11) is 0. The van der Waals surface area contributed by atoms with Crippen molar-refractivity contribution in [3.05, 3.63) is 30.3 Å². The quantitative estimate of drug-likeness (QED) is 0.747. The molecule has 1 aromatic carbocycles. The molecular weight excluding hydrogens is 224 g/mol. The van der Waals surface area contributed by atoms with E-state index < -0.39 is 0 Å². The Morgan fingerprint density at radius 2 is 1.62 bits per heavy atom. The fourth-order valence-electron chi connectivity index (χ4n) is 1.92. The number of halogens is 1. The number of rotatable bonds is 1. The molecule has 0 N–H and O–H groups in total. The summed E-state index contributed by atoms with van der Waals surface area (Å²) in [4.78, 5) is 15.4. The fraction of sp³-hybridized carbons (Fsp3) is 0.417. The van der Waals surface area contributed by atoms with Crippen molar-refractivity contribution < 1.29 is 4.79 Å². The lowest BCUT2D eigenvalue weighted by molar-refractivity contribution is -0.129. The highest BCUT2D eigenvalue weighted by atomic mass is 35.5. The average Bonchev–Trinajstić information content (AvgIpc) is 2.30. The molecule has 1 heterocycles. The lowest BCUT2D eigenvalue weighted by Crippen LogP contribution is -2.48. The Morgan fingerprint density at radius 3 is 2.12 bits per heavy atom. The second-order valence-electron chi connectivity index (χ2n) is 3.83. The second-order valence-corrected chi connectivity index (χ2v) is 3.83. The van der Waals surface area contributed by atoms with E-state index in [4.69, 9.17) is 0 Å². The molecule has 2 rings (SSSR count). The van der Waals surface area contributed by atoms with E-state index in [0.717, 1.165) is 26.2 Å². The largest absolute Gasteiger partial charge is 0.368 e. The minimum Gasteiger partial charge on any atom is -0.368 e. The smallest absolute Gasteiger partial charge is 0.219 e. The maximum absolute atomic E-state index is 11.1. The Labute approximate surface area is 102 Å². The molecular formula is C12H17ClN2O. The SMILES string of the molecule is CC(=O)N1CCN(c2ccccc2)CC1.Cl. The van der Waals surface area contributed by atoms with Crippen LogP contribution in [0.25, 0.3) is 0 Å². The Bertz CT molecular complexity index is 334. The molecule has 1 aliphatic rings. The Kier molecular flexibility index (Phi) is 4.62. The minimum atomic E-state index is 0. The number of carbonyl (C=O) groups excluding carboxylic acids is 1. The zero-order chi connectivity index (χ0) is 10.7. The standard InChI is InChI=1S/C12H16N2O.ClH/c1-11(15)13-7-9-14(10-8-13)12-5-3-2-4-6-12;/h2-6H,7-10H2,1H3;1H. The molecule has 1 saturated heterocycles. The van der Waals surface area contributed by atoms with Crippen LogP contribution in [0.3, 0.4) is 0 Å².